The molecule has 0 heterocycles. The Morgan fingerprint density at radius 1 is 1.37 bits per heavy atom. The molecule has 102 valence electrons. The van der Waals surface area contributed by atoms with Gasteiger partial charge in [-0.15, -0.1) is 0 Å². The van der Waals surface area contributed by atoms with E-state index in [1.54, 1.807) is 12.1 Å². The number of hydrogen-bond donors (Lipinski definition) is 2. The number of benzene rings is 1. The number of hydrogen-bond acceptors (Lipinski definition) is 3. The van der Waals surface area contributed by atoms with Gasteiger partial charge in [0.1, 0.15) is 0 Å². The summed E-state index contributed by atoms with van der Waals surface area (Å²) in [5, 5.41) is 8.86. The third-order valence-electron chi connectivity index (χ3n) is 3.30. The van der Waals surface area contributed by atoms with Crippen LogP contribution in [-0.4, -0.2) is 33.6 Å². The van der Waals surface area contributed by atoms with E-state index >= 15 is 0 Å². The van der Waals surface area contributed by atoms with Crippen LogP contribution >= 0.6 is 12.2 Å². The quantitative estimate of drug-likeness (QED) is 0.747. The van der Waals surface area contributed by atoms with Crippen molar-refractivity contribution >= 4 is 23.2 Å². The SMILES string of the molecule is NC(=S)CCN(Cc1ccc(C(=O)O)cc1)C1CC1. The van der Waals surface area contributed by atoms with Crippen LogP contribution in [0.5, 0.6) is 0 Å². The predicted molar refractivity (Wildman–Crippen MR) is 78.2 cm³/mol. The zero-order valence-electron chi connectivity index (χ0n) is 10.7. The molecule has 1 aliphatic rings. The van der Waals surface area contributed by atoms with E-state index in [9.17, 15) is 4.79 Å². The molecule has 0 saturated heterocycles. The molecule has 0 bridgehead atoms. The second kappa shape index (κ2) is 6.12. The Morgan fingerprint density at radius 3 is 2.47 bits per heavy atom. The summed E-state index contributed by atoms with van der Waals surface area (Å²) in [7, 11) is 0. The Hall–Kier alpha value is -1.46. The number of rotatable bonds is 7. The number of carboxylic acid groups (broad SMARTS) is 1. The van der Waals surface area contributed by atoms with Gasteiger partial charge in [-0.05, 0) is 30.5 Å². The van der Waals surface area contributed by atoms with Crippen LogP contribution in [0.25, 0.3) is 0 Å². The summed E-state index contributed by atoms with van der Waals surface area (Å²) < 4.78 is 0. The fourth-order valence-electron chi connectivity index (χ4n) is 2.07. The third kappa shape index (κ3) is 4.29. The highest BCUT2D eigenvalue weighted by atomic mass is 32.1. The Morgan fingerprint density at radius 2 is 2.00 bits per heavy atom. The molecule has 0 atom stereocenters. The van der Waals surface area contributed by atoms with Gasteiger partial charge >= 0.3 is 5.97 Å². The molecule has 1 saturated carbocycles. The van der Waals surface area contributed by atoms with Crippen LogP contribution in [0.1, 0.15) is 35.2 Å². The van der Waals surface area contributed by atoms with Gasteiger partial charge in [-0.25, -0.2) is 4.79 Å². The molecule has 0 aromatic heterocycles. The molecule has 4 nitrogen and oxygen atoms in total. The van der Waals surface area contributed by atoms with Crippen LogP contribution in [0.15, 0.2) is 24.3 Å². The number of carboxylic acids is 1. The topological polar surface area (TPSA) is 66.6 Å². The lowest BCUT2D eigenvalue weighted by Crippen LogP contribution is -2.29. The van der Waals surface area contributed by atoms with Gasteiger partial charge in [-0.2, -0.15) is 0 Å². The fraction of sp³-hybridized carbons (Fsp3) is 0.429. The van der Waals surface area contributed by atoms with E-state index in [0.29, 0.717) is 16.6 Å². The Bertz CT molecular complexity index is 469. The van der Waals surface area contributed by atoms with Gasteiger partial charge in [0.25, 0.3) is 0 Å². The maximum absolute atomic E-state index is 10.8. The van der Waals surface area contributed by atoms with E-state index in [-0.39, 0.29) is 0 Å². The molecule has 1 aliphatic carbocycles. The van der Waals surface area contributed by atoms with Crippen LogP contribution < -0.4 is 5.73 Å². The summed E-state index contributed by atoms with van der Waals surface area (Å²) in [5.74, 6) is -0.890. The molecular formula is C14H18N2O2S. The molecule has 19 heavy (non-hydrogen) atoms. The van der Waals surface area contributed by atoms with E-state index in [4.69, 9.17) is 23.1 Å². The molecule has 3 N–H and O–H groups in total. The molecule has 0 amide bonds. The summed E-state index contributed by atoms with van der Waals surface area (Å²) in [6.07, 6.45) is 3.19. The van der Waals surface area contributed by atoms with E-state index in [1.807, 2.05) is 12.1 Å². The van der Waals surface area contributed by atoms with Crippen molar-refractivity contribution in [3.05, 3.63) is 35.4 Å². The largest absolute Gasteiger partial charge is 0.478 e. The molecule has 5 heteroatoms. The normalized spacial score (nSPS) is 14.6. The molecule has 1 fully saturated rings. The molecule has 1 aromatic rings. The van der Waals surface area contributed by atoms with Crippen molar-refractivity contribution in [2.75, 3.05) is 6.54 Å². The lowest BCUT2D eigenvalue weighted by atomic mass is 10.1. The molecular weight excluding hydrogens is 260 g/mol. The van der Waals surface area contributed by atoms with Gasteiger partial charge in [0, 0.05) is 25.6 Å². The highest BCUT2D eigenvalue weighted by Crippen LogP contribution is 2.28. The van der Waals surface area contributed by atoms with Crippen molar-refractivity contribution in [1.29, 1.82) is 0 Å². The van der Waals surface area contributed by atoms with Gasteiger partial charge in [0.2, 0.25) is 0 Å². The van der Waals surface area contributed by atoms with Crippen molar-refractivity contribution in [1.82, 2.24) is 4.90 Å². The van der Waals surface area contributed by atoms with Crippen LogP contribution in [0.2, 0.25) is 0 Å². The minimum atomic E-state index is -0.890. The van der Waals surface area contributed by atoms with Gasteiger partial charge < -0.3 is 10.8 Å². The standard InChI is InChI=1S/C14H18N2O2S/c15-13(19)7-8-16(12-5-6-12)9-10-1-3-11(4-2-10)14(17)18/h1-4,12H,5-9H2,(H2,15,19)(H,17,18). The van der Waals surface area contributed by atoms with Gasteiger partial charge in [0.15, 0.2) is 0 Å². The van der Waals surface area contributed by atoms with Crippen LogP contribution in [0.3, 0.4) is 0 Å². The van der Waals surface area contributed by atoms with E-state index < -0.39 is 5.97 Å². The van der Waals surface area contributed by atoms with Crippen molar-refractivity contribution < 1.29 is 9.90 Å². The van der Waals surface area contributed by atoms with Crippen LogP contribution in [0.4, 0.5) is 0 Å². The maximum atomic E-state index is 10.8. The van der Waals surface area contributed by atoms with E-state index in [0.717, 1.165) is 25.1 Å². The Labute approximate surface area is 118 Å². The molecule has 0 unspecified atom stereocenters. The average molecular weight is 278 g/mol. The zero-order chi connectivity index (χ0) is 13.8. The van der Waals surface area contributed by atoms with Crippen molar-refractivity contribution in [2.45, 2.75) is 31.8 Å². The summed E-state index contributed by atoms with van der Waals surface area (Å²) in [6.45, 7) is 1.70. The fourth-order valence-corrected chi connectivity index (χ4v) is 2.16. The Kier molecular flexibility index (Phi) is 4.50. The number of carbonyl (C=O) groups is 1. The Balaban J connectivity index is 1.96. The highest BCUT2D eigenvalue weighted by Gasteiger charge is 2.28. The predicted octanol–water partition coefficient (Wildman–Crippen LogP) is 2.03. The monoisotopic (exact) mass is 278 g/mol. The van der Waals surface area contributed by atoms with Gasteiger partial charge in [-0.3, -0.25) is 4.90 Å². The minimum absolute atomic E-state index is 0.324. The second-order valence-corrected chi connectivity index (χ2v) is 5.44. The van der Waals surface area contributed by atoms with Crippen LogP contribution in [0, 0.1) is 0 Å². The van der Waals surface area contributed by atoms with E-state index in [2.05, 4.69) is 4.90 Å². The van der Waals surface area contributed by atoms with Crippen molar-refractivity contribution in [2.24, 2.45) is 5.73 Å². The molecule has 0 aliphatic heterocycles. The minimum Gasteiger partial charge on any atom is -0.478 e. The molecule has 0 radical (unpaired) electrons. The first-order chi connectivity index (χ1) is 9.06. The third-order valence-corrected chi connectivity index (χ3v) is 3.50. The smallest absolute Gasteiger partial charge is 0.335 e. The summed E-state index contributed by atoms with van der Waals surface area (Å²) >= 11 is 4.92. The first-order valence-electron chi connectivity index (χ1n) is 6.41. The number of nitrogens with zero attached hydrogens (tertiary/aromatic N) is 1. The summed E-state index contributed by atoms with van der Waals surface area (Å²) in [5.41, 5.74) is 7.00. The van der Waals surface area contributed by atoms with Gasteiger partial charge in [0.05, 0.1) is 10.6 Å². The molecule has 0 spiro atoms. The average Bonchev–Trinajstić information content (AvgIpc) is 3.19. The van der Waals surface area contributed by atoms with Gasteiger partial charge in [-0.1, -0.05) is 24.4 Å². The second-order valence-electron chi connectivity index (χ2n) is 4.92. The summed E-state index contributed by atoms with van der Waals surface area (Å²) in [6, 6.07) is 7.68. The highest BCUT2D eigenvalue weighted by molar-refractivity contribution is 7.80. The zero-order valence-corrected chi connectivity index (χ0v) is 11.5. The number of thiocarbonyl (C=S) groups is 1. The van der Waals surface area contributed by atoms with Crippen molar-refractivity contribution in [3.63, 3.8) is 0 Å². The first kappa shape index (κ1) is 14.0. The van der Waals surface area contributed by atoms with Crippen molar-refractivity contribution in [3.8, 4) is 0 Å². The number of nitrogens with two attached hydrogens (primary N) is 1. The molecule has 2 rings (SSSR count). The lowest BCUT2D eigenvalue weighted by molar-refractivity contribution is 0.0697. The first-order valence-corrected chi connectivity index (χ1v) is 6.81. The number of aromatic carboxylic acids is 1. The van der Waals surface area contributed by atoms with Crippen LogP contribution in [-0.2, 0) is 6.54 Å². The lowest BCUT2D eigenvalue weighted by Gasteiger charge is -2.21. The summed E-state index contributed by atoms with van der Waals surface area (Å²) in [4.78, 5) is 13.7. The van der Waals surface area contributed by atoms with E-state index in [1.165, 1.54) is 12.8 Å². The molecule has 1 aromatic carbocycles. The maximum Gasteiger partial charge on any atom is 0.335 e.